The van der Waals surface area contributed by atoms with E-state index < -0.39 is 89.9 Å². The maximum atomic E-state index is 14.3. The number of ether oxygens (including phenoxy) is 6. The largest absolute Gasteiger partial charge is 0.461 e. The van der Waals surface area contributed by atoms with Gasteiger partial charge in [0.2, 0.25) is 0 Å². The van der Waals surface area contributed by atoms with Gasteiger partial charge >= 0.3 is 11.9 Å². The topological polar surface area (TPSA) is 211 Å². The van der Waals surface area contributed by atoms with E-state index in [4.69, 9.17) is 28.4 Å². The Hall–Kier alpha value is -1.98. The zero-order valence-electron chi connectivity index (χ0n) is 34.1. The summed E-state index contributed by atoms with van der Waals surface area (Å²) in [6.07, 6.45) is -7.58. The molecule has 0 amide bonds. The van der Waals surface area contributed by atoms with Crippen molar-refractivity contribution in [2.45, 2.75) is 174 Å². The molecule has 7 rings (SSSR count). The quantitative estimate of drug-likeness (QED) is 0.124. The lowest BCUT2D eigenvalue weighted by Gasteiger charge is -2.69. The van der Waals surface area contributed by atoms with Crippen molar-refractivity contribution in [1.29, 1.82) is 0 Å². The van der Waals surface area contributed by atoms with E-state index in [1.165, 1.54) is 6.92 Å². The van der Waals surface area contributed by atoms with E-state index in [9.17, 15) is 40.2 Å². The van der Waals surface area contributed by atoms with Crippen LogP contribution in [0, 0.1) is 39.4 Å². The predicted octanol–water partition coefficient (Wildman–Crippen LogP) is 2.43. The number of carbonyl (C=O) groups is 2. The van der Waals surface area contributed by atoms with Gasteiger partial charge in [-0.05, 0) is 94.3 Å². The van der Waals surface area contributed by atoms with Crippen molar-refractivity contribution in [3.8, 4) is 0 Å². The average molecular weight is 793 g/mol. The van der Waals surface area contributed by atoms with Gasteiger partial charge < -0.3 is 59.1 Å². The number of esters is 2. The number of hydrogen-bond acceptors (Lipinski definition) is 14. The first-order chi connectivity index (χ1) is 26.2. The molecular formula is C42H64O14. The maximum Gasteiger partial charge on any atom is 0.335 e. The molecule has 0 radical (unpaired) electrons. The Morgan fingerprint density at radius 2 is 1.48 bits per heavy atom. The molecule has 0 unspecified atom stereocenters. The van der Waals surface area contributed by atoms with Gasteiger partial charge in [0, 0.05) is 23.5 Å². The summed E-state index contributed by atoms with van der Waals surface area (Å²) in [7, 11) is 0. The highest BCUT2D eigenvalue weighted by Crippen LogP contribution is 2.73. The van der Waals surface area contributed by atoms with E-state index in [1.807, 2.05) is 20.8 Å². The van der Waals surface area contributed by atoms with Crippen molar-refractivity contribution in [1.82, 2.24) is 0 Å². The number of hydrogen-bond donors (Lipinski definition) is 6. The molecular weight excluding hydrogens is 728 g/mol. The van der Waals surface area contributed by atoms with Crippen molar-refractivity contribution in [3.05, 3.63) is 22.8 Å². The highest BCUT2D eigenvalue weighted by Gasteiger charge is 2.71. The van der Waals surface area contributed by atoms with Crippen molar-refractivity contribution in [3.63, 3.8) is 0 Å². The molecule has 14 nitrogen and oxygen atoms in total. The molecule has 2 saturated heterocycles. The lowest BCUT2D eigenvalue weighted by Crippen LogP contribution is -2.67. The third-order valence-electron chi connectivity index (χ3n) is 15.9. The maximum absolute atomic E-state index is 14.3. The Morgan fingerprint density at radius 3 is 2.18 bits per heavy atom. The van der Waals surface area contributed by atoms with Gasteiger partial charge in [-0.25, -0.2) is 4.79 Å². The number of rotatable bonds is 7. The van der Waals surface area contributed by atoms with Gasteiger partial charge in [0.25, 0.3) is 0 Å². The summed E-state index contributed by atoms with van der Waals surface area (Å²) >= 11 is 0. The summed E-state index contributed by atoms with van der Waals surface area (Å²) in [4.78, 5) is 28.0. The van der Waals surface area contributed by atoms with Crippen LogP contribution in [0.3, 0.4) is 0 Å². The Kier molecular flexibility index (Phi) is 11.2. The van der Waals surface area contributed by atoms with E-state index in [-0.39, 0.29) is 48.3 Å². The van der Waals surface area contributed by atoms with Crippen LogP contribution in [-0.4, -0.2) is 129 Å². The number of aliphatic hydroxyl groups is 6. The second kappa shape index (κ2) is 14.9. The molecule has 56 heavy (non-hydrogen) atoms. The summed E-state index contributed by atoms with van der Waals surface area (Å²) in [5, 5.41) is 63.5. The fourth-order valence-electron chi connectivity index (χ4n) is 12.5. The minimum Gasteiger partial charge on any atom is -0.461 e. The average Bonchev–Trinajstić information content (AvgIpc) is 3.39. The molecule has 4 aliphatic heterocycles. The van der Waals surface area contributed by atoms with Crippen LogP contribution in [0.1, 0.15) is 100 Å². The van der Waals surface area contributed by atoms with Crippen LogP contribution in [0.15, 0.2) is 22.8 Å². The van der Waals surface area contributed by atoms with Gasteiger partial charge in [0.05, 0.1) is 24.2 Å². The molecule has 3 saturated carbocycles. The molecule has 0 aromatic carbocycles. The fraction of sp³-hybridized carbons (Fsp3) is 0.857. The monoisotopic (exact) mass is 792 g/mol. The molecule has 0 spiro atoms. The summed E-state index contributed by atoms with van der Waals surface area (Å²) in [5.41, 5.74) is 0.525. The molecule has 18 atom stereocenters. The van der Waals surface area contributed by atoms with E-state index in [0.29, 0.717) is 24.8 Å². The van der Waals surface area contributed by atoms with Crippen LogP contribution in [0.2, 0.25) is 0 Å². The Bertz CT molecular complexity index is 1590. The predicted molar refractivity (Wildman–Crippen MR) is 198 cm³/mol. The normalized spacial score (nSPS) is 50.1. The molecule has 14 heteroatoms. The first-order valence-corrected chi connectivity index (χ1v) is 20.6. The van der Waals surface area contributed by atoms with Crippen molar-refractivity contribution in [2.75, 3.05) is 13.2 Å². The van der Waals surface area contributed by atoms with Gasteiger partial charge in [-0.2, -0.15) is 0 Å². The van der Waals surface area contributed by atoms with E-state index in [0.717, 1.165) is 36.8 Å². The third kappa shape index (κ3) is 6.44. The Balaban J connectivity index is 1.08. The molecule has 3 aliphatic carbocycles. The van der Waals surface area contributed by atoms with Crippen molar-refractivity contribution >= 4 is 11.9 Å². The van der Waals surface area contributed by atoms with E-state index in [1.54, 1.807) is 0 Å². The van der Waals surface area contributed by atoms with Crippen LogP contribution in [0.25, 0.3) is 0 Å². The van der Waals surface area contributed by atoms with Gasteiger partial charge in [0.1, 0.15) is 55.4 Å². The van der Waals surface area contributed by atoms with E-state index >= 15 is 0 Å². The standard InChI is InChI=1S/C42H64O14/c1-19(2)9-11-23-21-17-52-38(50)42(8)22(28(21)35(49)54-23)10-12-26-40(6)15-14-27(39(4,5)25(40)13-16-41(26,42)7)56-37-34(48)32(46)30(44)24(55-37)18-51-36-33(47)31(45)29(43)20(3)53-36/h9,20,22-27,29-34,36-37,43-48H,10-18H2,1-8H3/t20-,22+,23+,24-,25-,26+,27-,29-,30+,31-,32-,33+,34+,36+,37-,40-,41+,42-/m0/s1. The molecule has 0 aromatic rings. The molecule has 6 N–H and O–H groups in total. The highest BCUT2D eigenvalue weighted by molar-refractivity contribution is 5.95. The first-order valence-electron chi connectivity index (χ1n) is 20.6. The number of cyclic esters (lactones) is 2. The number of aliphatic hydroxyl groups excluding tert-OH is 6. The minimum absolute atomic E-state index is 0.0660. The summed E-state index contributed by atoms with van der Waals surface area (Å²) < 4.78 is 35.9. The smallest absolute Gasteiger partial charge is 0.335 e. The second-order valence-electron chi connectivity index (χ2n) is 19.3. The second-order valence-corrected chi connectivity index (χ2v) is 19.3. The van der Waals surface area contributed by atoms with Crippen LogP contribution in [0.5, 0.6) is 0 Å². The van der Waals surface area contributed by atoms with Gasteiger partial charge in [-0.1, -0.05) is 39.3 Å². The molecule has 0 aromatic heterocycles. The number of carbonyl (C=O) groups excluding carboxylic acids is 2. The Labute approximate surface area is 329 Å². The fourth-order valence-corrected chi connectivity index (χ4v) is 12.5. The van der Waals surface area contributed by atoms with Gasteiger partial charge in [-0.3, -0.25) is 4.79 Å². The molecule has 316 valence electrons. The zero-order valence-corrected chi connectivity index (χ0v) is 34.1. The third-order valence-corrected chi connectivity index (χ3v) is 15.9. The summed E-state index contributed by atoms with van der Waals surface area (Å²) in [6, 6.07) is 0. The van der Waals surface area contributed by atoms with E-state index in [2.05, 4.69) is 33.8 Å². The van der Waals surface area contributed by atoms with Crippen LogP contribution in [0.4, 0.5) is 0 Å². The number of fused-ring (bicyclic) bond motifs is 6. The van der Waals surface area contributed by atoms with Crippen LogP contribution >= 0.6 is 0 Å². The first kappa shape index (κ1) is 42.2. The lowest BCUT2D eigenvalue weighted by molar-refractivity contribution is -0.344. The van der Waals surface area contributed by atoms with Crippen LogP contribution < -0.4 is 0 Å². The van der Waals surface area contributed by atoms with Gasteiger partial charge in [0.15, 0.2) is 12.6 Å². The SMILES string of the molecule is CC(C)=CC[C@H]1OC(=O)C2=C1COC(=O)[C@]1(C)[C@@H]2CC[C@@H]2[C@@]3(C)CC[C@H](O[C@@H]4O[C@@H](CO[C@@H]5O[C@@H](C)[C@H](O)[C@H](O)[C@H]5O)[C@@H](O)[C@H](O)[C@H]4O)C(C)(C)[C@@H]3CC[C@]21C. The summed E-state index contributed by atoms with van der Waals surface area (Å²) in [6.45, 7) is 16.2. The highest BCUT2D eigenvalue weighted by atomic mass is 16.7. The van der Waals surface area contributed by atoms with Gasteiger partial charge in [-0.15, -0.1) is 0 Å². The molecule has 0 bridgehead atoms. The Morgan fingerprint density at radius 1 is 0.804 bits per heavy atom. The zero-order chi connectivity index (χ0) is 40.9. The van der Waals surface area contributed by atoms with Crippen molar-refractivity contribution in [2.24, 2.45) is 39.4 Å². The van der Waals surface area contributed by atoms with Crippen LogP contribution in [-0.2, 0) is 38.0 Å². The number of allylic oxidation sites excluding steroid dienone is 1. The minimum atomic E-state index is -1.62. The lowest BCUT2D eigenvalue weighted by atomic mass is 9.35. The molecule has 4 heterocycles. The van der Waals surface area contributed by atoms with Crippen molar-refractivity contribution < 1.29 is 68.6 Å². The molecule has 5 fully saturated rings. The molecule has 7 aliphatic rings. The summed E-state index contributed by atoms with van der Waals surface area (Å²) in [5.74, 6) is -0.584.